The van der Waals surface area contributed by atoms with Crippen molar-refractivity contribution in [3.05, 3.63) is 72.2 Å². The zero-order valence-corrected chi connectivity index (χ0v) is 15.5. The van der Waals surface area contributed by atoms with Gasteiger partial charge >= 0.3 is 0 Å². The summed E-state index contributed by atoms with van der Waals surface area (Å²) in [5, 5.41) is 0.716. The van der Waals surface area contributed by atoms with Crippen LogP contribution in [0.15, 0.2) is 60.9 Å². The standard InChI is InChI=1S/C21H16N4OS/c1-13-12-14-6-2-4-8-16(14)25(13)21(26)19-18(22-10-11-23-19)20-24-15-7-3-5-9-17(15)27-20/h2-11,13H,12H2,1H3. The van der Waals surface area contributed by atoms with Gasteiger partial charge in [-0.1, -0.05) is 30.3 Å². The Morgan fingerprint density at radius 1 is 1.07 bits per heavy atom. The number of nitrogens with zero attached hydrogens (tertiary/aromatic N) is 4. The molecule has 6 heteroatoms. The summed E-state index contributed by atoms with van der Waals surface area (Å²) in [6, 6.07) is 16.0. The molecule has 2 aromatic carbocycles. The van der Waals surface area contributed by atoms with Gasteiger partial charge in [0.25, 0.3) is 5.91 Å². The van der Waals surface area contributed by atoms with Crippen LogP contribution in [0.5, 0.6) is 0 Å². The minimum Gasteiger partial charge on any atom is -0.304 e. The van der Waals surface area contributed by atoms with Crippen LogP contribution < -0.4 is 4.90 Å². The van der Waals surface area contributed by atoms with Crippen molar-refractivity contribution >= 4 is 33.1 Å². The van der Waals surface area contributed by atoms with E-state index < -0.39 is 0 Å². The Hall–Kier alpha value is -3.12. The number of amides is 1. The summed E-state index contributed by atoms with van der Waals surface area (Å²) in [7, 11) is 0. The molecule has 0 saturated heterocycles. The Labute approximate surface area is 160 Å². The van der Waals surface area contributed by atoms with Gasteiger partial charge in [0.05, 0.1) is 10.2 Å². The van der Waals surface area contributed by atoms with Gasteiger partial charge < -0.3 is 4.90 Å². The second kappa shape index (κ2) is 6.25. The number of hydrogen-bond donors (Lipinski definition) is 0. The molecule has 0 fully saturated rings. The van der Waals surface area contributed by atoms with Crippen LogP contribution in [0.25, 0.3) is 20.9 Å². The molecule has 0 N–H and O–H groups in total. The summed E-state index contributed by atoms with van der Waals surface area (Å²) in [5.74, 6) is -0.130. The number of aromatic nitrogens is 3. The molecule has 4 aromatic rings. The first-order valence-corrected chi connectivity index (χ1v) is 9.62. The van der Waals surface area contributed by atoms with Gasteiger partial charge in [0.2, 0.25) is 0 Å². The van der Waals surface area contributed by atoms with Gasteiger partial charge in [-0.25, -0.2) is 15.0 Å². The molecular weight excluding hydrogens is 356 g/mol. The predicted octanol–water partition coefficient (Wildman–Crippen LogP) is 4.34. The first-order chi connectivity index (χ1) is 13.2. The first-order valence-electron chi connectivity index (χ1n) is 8.81. The molecule has 0 radical (unpaired) electrons. The highest BCUT2D eigenvalue weighted by Gasteiger charge is 2.33. The van der Waals surface area contributed by atoms with Crippen LogP contribution in [-0.2, 0) is 6.42 Å². The van der Waals surface area contributed by atoms with Crippen molar-refractivity contribution in [2.24, 2.45) is 0 Å². The van der Waals surface area contributed by atoms with Gasteiger partial charge in [0.15, 0.2) is 5.69 Å². The van der Waals surface area contributed by atoms with Crippen molar-refractivity contribution in [1.82, 2.24) is 15.0 Å². The molecule has 27 heavy (non-hydrogen) atoms. The third-order valence-electron chi connectivity index (χ3n) is 4.82. The molecular formula is C21H16N4OS. The first kappa shape index (κ1) is 16.1. The van der Waals surface area contributed by atoms with Crippen LogP contribution in [0.1, 0.15) is 23.0 Å². The van der Waals surface area contributed by atoms with Crippen molar-refractivity contribution in [3.63, 3.8) is 0 Å². The van der Waals surface area contributed by atoms with E-state index in [0.717, 1.165) is 22.3 Å². The number of benzene rings is 2. The van der Waals surface area contributed by atoms with Gasteiger partial charge in [-0.2, -0.15) is 0 Å². The average Bonchev–Trinajstić information content (AvgIpc) is 3.27. The van der Waals surface area contributed by atoms with Crippen LogP contribution in [0, 0.1) is 0 Å². The predicted molar refractivity (Wildman–Crippen MR) is 107 cm³/mol. The van der Waals surface area contributed by atoms with E-state index in [0.29, 0.717) is 16.4 Å². The smallest absolute Gasteiger partial charge is 0.279 e. The van der Waals surface area contributed by atoms with Crippen LogP contribution in [0.2, 0.25) is 0 Å². The van der Waals surface area contributed by atoms with Crippen molar-refractivity contribution in [2.75, 3.05) is 4.90 Å². The molecule has 0 saturated carbocycles. The summed E-state index contributed by atoms with van der Waals surface area (Å²) in [5.41, 5.74) is 3.93. The Morgan fingerprint density at radius 2 is 1.85 bits per heavy atom. The van der Waals surface area contributed by atoms with Crippen molar-refractivity contribution in [1.29, 1.82) is 0 Å². The lowest BCUT2D eigenvalue weighted by Gasteiger charge is -2.22. The Morgan fingerprint density at radius 3 is 2.74 bits per heavy atom. The second-order valence-electron chi connectivity index (χ2n) is 6.60. The zero-order valence-electron chi connectivity index (χ0n) is 14.7. The number of fused-ring (bicyclic) bond motifs is 2. The molecule has 2 aromatic heterocycles. The van der Waals surface area contributed by atoms with E-state index in [9.17, 15) is 4.79 Å². The third-order valence-corrected chi connectivity index (χ3v) is 5.87. The quantitative estimate of drug-likeness (QED) is 0.525. The molecule has 1 aliphatic heterocycles. The molecule has 5 rings (SSSR count). The number of hydrogen-bond acceptors (Lipinski definition) is 5. The highest BCUT2D eigenvalue weighted by Crippen LogP contribution is 2.35. The average molecular weight is 372 g/mol. The van der Waals surface area contributed by atoms with E-state index in [1.807, 2.05) is 47.4 Å². The third kappa shape index (κ3) is 2.61. The zero-order chi connectivity index (χ0) is 18.4. The lowest BCUT2D eigenvalue weighted by atomic mass is 10.1. The van der Waals surface area contributed by atoms with Gasteiger partial charge in [-0.05, 0) is 37.1 Å². The number of para-hydroxylation sites is 2. The van der Waals surface area contributed by atoms with Crippen LogP contribution in [0.4, 0.5) is 5.69 Å². The highest BCUT2D eigenvalue weighted by molar-refractivity contribution is 7.21. The topological polar surface area (TPSA) is 59.0 Å². The molecule has 0 aliphatic carbocycles. The molecule has 0 bridgehead atoms. The van der Waals surface area contributed by atoms with E-state index in [1.165, 1.54) is 16.9 Å². The fraction of sp³-hybridized carbons (Fsp3) is 0.143. The van der Waals surface area contributed by atoms with Crippen molar-refractivity contribution in [3.8, 4) is 10.7 Å². The molecule has 1 atom stereocenters. The molecule has 3 heterocycles. The summed E-state index contributed by atoms with van der Waals surface area (Å²) < 4.78 is 1.07. The van der Waals surface area contributed by atoms with E-state index in [1.54, 1.807) is 12.4 Å². The minimum absolute atomic E-state index is 0.0834. The van der Waals surface area contributed by atoms with Gasteiger partial charge in [-0.3, -0.25) is 4.79 Å². The number of thiazole rings is 1. The maximum absolute atomic E-state index is 13.4. The van der Waals surface area contributed by atoms with Crippen LogP contribution in [0.3, 0.4) is 0 Å². The maximum atomic E-state index is 13.4. The number of anilines is 1. The number of carbonyl (C=O) groups is 1. The highest BCUT2D eigenvalue weighted by atomic mass is 32.1. The fourth-order valence-electron chi connectivity index (χ4n) is 3.61. The number of carbonyl (C=O) groups excluding carboxylic acids is 1. The molecule has 5 nitrogen and oxygen atoms in total. The summed E-state index contributed by atoms with van der Waals surface area (Å²) in [4.78, 5) is 28.8. The maximum Gasteiger partial charge on any atom is 0.279 e. The largest absolute Gasteiger partial charge is 0.304 e. The molecule has 1 unspecified atom stereocenters. The number of rotatable bonds is 2. The Balaban J connectivity index is 1.61. The fourth-order valence-corrected chi connectivity index (χ4v) is 4.58. The second-order valence-corrected chi connectivity index (χ2v) is 7.63. The van der Waals surface area contributed by atoms with Crippen LogP contribution >= 0.6 is 11.3 Å². The SMILES string of the molecule is CC1Cc2ccccc2N1C(=O)c1nccnc1-c1nc2ccccc2s1. The monoisotopic (exact) mass is 372 g/mol. The van der Waals surface area contributed by atoms with E-state index >= 15 is 0 Å². The van der Waals surface area contributed by atoms with Crippen molar-refractivity contribution in [2.45, 2.75) is 19.4 Å². The Kier molecular flexibility index (Phi) is 3.72. The lowest BCUT2D eigenvalue weighted by Crippen LogP contribution is -2.36. The van der Waals surface area contributed by atoms with E-state index in [2.05, 4.69) is 27.9 Å². The summed E-state index contributed by atoms with van der Waals surface area (Å²) in [6.07, 6.45) is 4.02. The molecule has 0 spiro atoms. The lowest BCUT2D eigenvalue weighted by molar-refractivity contribution is 0.0977. The van der Waals surface area contributed by atoms with E-state index in [4.69, 9.17) is 0 Å². The Bertz CT molecular complexity index is 1140. The van der Waals surface area contributed by atoms with Gasteiger partial charge in [0, 0.05) is 24.1 Å². The minimum atomic E-state index is -0.130. The molecule has 132 valence electrons. The summed E-state index contributed by atoms with van der Waals surface area (Å²) >= 11 is 1.53. The van der Waals surface area contributed by atoms with Crippen molar-refractivity contribution < 1.29 is 4.79 Å². The molecule has 1 amide bonds. The summed E-state index contributed by atoms with van der Waals surface area (Å²) in [6.45, 7) is 2.06. The normalized spacial score (nSPS) is 15.9. The van der Waals surface area contributed by atoms with E-state index in [-0.39, 0.29) is 11.9 Å². The van der Waals surface area contributed by atoms with Gasteiger partial charge in [0.1, 0.15) is 10.7 Å². The van der Waals surface area contributed by atoms with Gasteiger partial charge in [-0.15, -0.1) is 11.3 Å². The molecule has 1 aliphatic rings. The van der Waals surface area contributed by atoms with Crippen LogP contribution in [-0.4, -0.2) is 26.9 Å².